The van der Waals surface area contributed by atoms with Crippen molar-refractivity contribution < 1.29 is 19.1 Å². The van der Waals surface area contributed by atoms with Crippen molar-refractivity contribution in [2.24, 2.45) is 0 Å². The number of hydrogen-bond acceptors (Lipinski definition) is 5. The molecule has 8 heteroatoms. The molecule has 4 rings (SSSR count). The van der Waals surface area contributed by atoms with E-state index in [1.165, 1.54) is 7.11 Å². The molecule has 0 saturated heterocycles. The number of anilines is 1. The van der Waals surface area contributed by atoms with Crippen LogP contribution in [0.4, 0.5) is 10.5 Å². The second kappa shape index (κ2) is 12.6. The Morgan fingerprint density at radius 1 is 0.868 bits per heavy atom. The van der Waals surface area contributed by atoms with Crippen molar-refractivity contribution in [2.45, 2.75) is 18.2 Å². The standard InChI is InChI=1S/C30H26BrClN2O4/c1-37-28(35)30(23-10-6-3-7-11-23,34-29(36)38-20-21-8-4-2-5-9-21)27(22-12-14-24(31)15-13-22)33-26-18-16-25(32)17-19-26/h2-19,27,33H,20H2,1H3,(H,34,36)/t27-,30+/m1/s1. The van der Waals surface area contributed by atoms with Crippen molar-refractivity contribution in [3.8, 4) is 0 Å². The van der Waals surface area contributed by atoms with Crippen LogP contribution in [0.3, 0.4) is 0 Å². The molecule has 0 aliphatic carbocycles. The predicted molar refractivity (Wildman–Crippen MR) is 152 cm³/mol. The minimum Gasteiger partial charge on any atom is -0.467 e. The number of amides is 1. The Balaban J connectivity index is 1.83. The largest absolute Gasteiger partial charge is 0.467 e. The number of rotatable bonds is 9. The first-order valence-electron chi connectivity index (χ1n) is 11.8. The van der Waals surface area contributed by atoms with Gasteiger partial charge in [0.1, 0.15) is 6.61 Å². The van der Waals surface area contributed by atoms with E-state index in [4.69, 9.17) is 21.1 Å². The van der Waals surface area contributed by atoms with Crippen molar-refractivity contribution >= 4 is 45.3 Å². The van der Waals surface area contributed by atoms with Gasteiger partial charge < -0.3 is 14.8 Å². The summed E-state index contributed by atoms with van der Waals surface area (Å²) in [5.74, 6) is -0.672. The average molecular weight is 594 g/mol. The summed E-state index contributed by atoms with van der Waals surface area (Å²) in [5, 5.41) is 6.88. The van der Waals surface area contributed by atoms with Gasteiger partial charge in [0.05, 0.1) is 13.2 Å². The summed E-state index contributed by atoms with van der Waals surface area (Å²) in [6.07, 6.45) is -0.775. The van der Waals surface area contributed by atoms with Gasteiger partial charge in [0, 0.05) is 15.2 Å². The van der Waals surface area contributed by atoms with Gasteiger partial charge >= 0.3 is 12.1 Å². The van der Waals surface area contributed by atoms with Gasteiger partial charge in [-0.1, -0.05) is 100 Å². The van der Waals surface area contributed by atoms with Gasteiger partial charge in [0.25, 0.3) is 0 Å². The lowest BCUT2D eigenvalue weighted by Crippen LogP contribution is -2.58. The van der Waals surface area contributed by atoms with Crippen molar-refractivity contribution in [2.75, 3.05) is 12.4 Å². The van der Waals surface area contributed by atoms with E-state index in [0.29, 0.717) is 16.3 Å². The first-order chi connectivity index (χ1) is 18.4. The van der Waals surface area contributed by atoms with Crippen molar-refractivity contribution in [3.05, 3.63) is 135 Å². The molecular formula is C30H26BrClN2O4. The molecule has 4 aromatic rings. The number of benzene rings is 4. The maximum absolute atomic E-state index is 13.8. The molecule has 38 heavy (non-hydrogen) atoms. The van der Waals surface area contributed by atoms with Crippen LogP contribution in [0, 0.1) is 0 Å². The summed E-state index contributed by atoms with van der Waals surface area (Å²) in [5.41, 5.74) is 1.02. The van der Waals surface area contributed by atoms with Gasteiger partial charge in [-0.2, -0.15) is 0 Å². The van der Waals surface area contributed by atoms with E-state index >= 15 is 0 Å². The summed E-state index contributed by atoms with van der Waals surface area (Å²) in [7, 11) is 1.29. The highest BCUT2D eigenvalue weighted by Crippen LogP contribution is 2.40. The molecule has 0 saturated carbocycles. The van der Waals surface area contributed by atoms with Crippen molar-refractivity contribution in [1.29, 1.82) is 0 Å². The van der Waals surface area contributed by atoms with Crippen LogP contribution < -0.4 is 10.6 Å². The molecule has 2 atom stereocenters. The Morgan fingerprint density at radius 3 is 2.08 bits per heavy atom. The fourth-order valence-corrected chi connectivity index (χ4v) is 4.58. The zero-order valence-electron chi connectivity index (χ0n) is 20.6. The minimum absolute atomic E-state index is 0.0340. The van der Waals surface area contributed by atoms with Gasteiger partial charge in [-0.3, -0.25) is 5.32 Å². The van der Waals surface area contributed by atoms with E-state index in [1.807, 2.05) is 60.7 Å². The highest BCUT2D eigenvalue weighted by molar-refractivity contribution is 9.10. The number of halogens is 2. The van der Waals surface area contributed by atoms with Crippen LogP contribution in [0.25, 0.3) is 0 Å². The fraction of sp³-hybridized carbons (Fsp3) is 0.133. The lowest BCUT2D eigenvalue weighted by Gasteiger charge is -2.40. The Morgan fingerprint density at radius 2 is 1.47 bits per heavy atom. The van der Waals surface area contributed by atoms with Crippen LogP contribution in [-0.4, -0.2) is 19.2 Å². The van der Waals surface area contributed by atoms with Gasteiger partial charge in [-0.15, -0.1) is 0 Å². The lowest BCUT2D eigenvalue weighted by atomic mass is 9.78. The first kappa shape index (κ1) is 27.2. The topological polar surface area (TPSA) is 76.7 Å². The maximum Gasteiger partial charge on any atom is 0.408 e. The maximum atomic E-state index is 13.8. The number of ether oxygens (including phenoxy) is 2. The molecule has 1 amide bonds. The smallest absolute Gasteiger partial charge is 0.408 e. The average Bonchev–Trinajstić information content (AvgIpc) is 2.96. The van der Waals surface area contributed by atoms with E-state index in [0.717, 1.165) is 15.6 Å². The number of carbonyl (C=O) groups excluding carboxylic acids is 2. The minimum atomic E-state index is -1.71. The lowest BCUT2D eigenvalue weighted by molar-refractivity contribution is -0.150. The number of nitrogens with one attached hydrogen (secondary N) is 2. The van der Waals surface area contributed by atoms with E-state index in [-0.39, 0.29) is 6.61 Å². The highest BCUT2D eigenvalue weighted by Gasteiger charge is 2.51. The Bertz CT molecular complexity index is 1350. The fourth-order valence-electron chi connectivity index (χ4n) is 4.19. The first-order valence-corrected chi connectivity index (χ1v) is 13.0. The van der Waals surface area contributed by atoms with Crippen molar-refractivity contribution in [1.82, 2.24) is 5.32 Å². The van der Waals surface area contributed by atoms with Crippen LogP contribution >= 0.6 is 27.5 Å². The molecule has 0 aromatic heterocycles. The molecule has 0 heterocycles. The van der Waals surface area contributed by atoms with Gasteiger partial charge in [0.15, 0.2) is 5.54 Å². The zero-order chi connectivity index (χ0) is 27.0. The van der Waals surface area contributed by atoms with Gasteiger partial charge in [-0.25, -0.2) is 9.59 Å². The molecule has 0 unspecified atom stereocenters. The van der Waals surface area contributed by atoms with Crippen LogP contribution in [0.15, 0.2) is 114 Å². The number of carbonyl (C=O) groups is 2. The number of alkyl carbamates (subject to hydrolysis) is 1. The van der Waals surface area contributed by atoms with E-state index in [1.54, 1.807) is 48.5 Å². The number of hydrogen-bond donors (Lipinski definition) is 2. The summed E-state index contributed by atoms with van der Waals surface area (Å²) in [6.45, 7) is 0.0340. The third-order valence-electron chi connectivity index (χ3n) is 6.04. The molecule has 0 radical (unpaired) electrons. The molecule has 0 spiro atoms. The quantitative estimate of drug-likeness (QED) is 0.200. The van der Waals surface area contributed by atoms with E-state index < -0.39 is 23.6 Å². The SMILES string of the molecule is COC(=O)[C@](NC(=O)OCc1ccccc1)(c1ccccc1)[C@H](Nc1ccc(Cl)cc1)c1ccc(Br)cc1. The molecule has 0 fully saturated rings. The third kappa shape index (κ3) is 6.36. The molecule has 2 N–H and O–H groups in total. The molecule has 4 aromatic carbocycles. The molecule has 194 valence electrons. The molecular weight excluding hydrogens is 568 g/mol. The summed E-state index contributed by atoms with van der Waals surface area (Å²) in [6, 6.07) is 32.0. The van der Waals surface area contributed by atoms with Crippen LogP contribution in [0.1, 0.15) is 22.7 Å². The van der Waals surface area contributed by atoms with Crippen molar-refractivity contribution in [3.63, 3.8) is 0 Å². The van der Waals surface area contributed by atoms with Gasteiger partial charge in [0.2, 0.25) is 0 Å². The van der Waals surface area contributed by atoms with E-state index in [2.05, 4.69) is 26.6 Å². The predicted octanol–water partition coefficient (Wildman–Crippen LogP) is 7.25. The normalized spacial score (nSPS) is 13.0. The monoisotopic (exact) mass is 592 g/mol. The molecule has 0 aliphatic heterocycles. The van der Waals surface area contributed by atoms with Crippen LogP contribution in [0.5, 0.6) is 0 Å². The van der Waals surface area contributed by atoms with E-state index in [9.17, 15) is 9.59 Å². The number of methoxy groups -OCH3 is 1. The Kier molecular flexibility index (Phi) is 9.05. The Labute approximate surface area is 235 Å². The summed E-state index contributed by atoms with van der Waals surface area (Å²) < 4.78 is 11.8. The van der Waals surface area contributed by atoms with Crippen LogP contribution in [0.2, 0.25) is 5.02 Å². The van der Waals surface area contributed by atoms with Crippen LogP contribution in [-0.2, 0) is 26.4 Å². The summed E-state index contributed by atoms with van der Waals surface area (Å²) >= 11 is 9.59. The second-order valence-corrected chi connectivity index (χ2v) is 9.84. The molecule has 6 nitrogen and oxygen atoms in total. The number of esters is 1. The molecule has 0 bridgehead atoms. The zero-order valence-corrected chi connectivity index (χ0v) is 22.9. The third-order valence-corrected chi connectivity index (χ3v) is 6.82. The summed E-state index contributed by atoms with van der Waals surface area (Å²) in [4.78, 5) is 27.1. The second-order valence-electron chi connectivity index (χ2n) is 8.49. The molecule has 0 aliphatic rings. The van der Waals surface area contributed by atoms with Gasteiger partial charge in [-0.05, 0) is 53.1 Å². The Hall–Kier alpha value is -3.81. The highest BCUT2D eigenvalue weighted by atomic mass is 79.9.